The molecule has 0 aliphatic carbocycles. The fourth-order valence-corrected chi connectivity index (χ4v) is 5.23. The highest BCUT2D eigenvalue weighted by Crippen LogP contribution is 2.47. The van der Waals surface area contributed by atoms with Gasteiger partial charge in [-0.3, -0.25) is 14.5 Å². The van der Waals surface area contributed by atoms with Gasteiger partial charge in [-0.05, 0) is 38.1 Å². The Morgan fingerprint density at radius 2 is 1.91 bits per heavy atom. The molecular formula is C24H19ClN2O5S. The molecule has 3 heterocycles. The monoisotopic (exact) mass is 482 g/mol. The van der Waals surface area contributed by atoms with E-state index in [0.29, 0.717) is 38.2 Å². The summed E-state index contributed by atoms with van der Waals surface area (Å²) in [7, 11) is 3.05. The number of hydrogen-bond acceptors (Lipinski definition) is 7. The quantitative estimate of drug-likeness (QED) is 0.393. The first-order valence-electron chi connectivity index (χ1n) is 10.1. The highest BCUT2D eigenvalue weighted by atomic mass is 35.5. The number of aromatic nitrogens is 1. The van der Waals surface area contributed by atoms with Crippen molar-refractivity contribution in [1.29, 1.82) is 0 Å². The molecule has 5 rings (SSSR count). The van der Waals surface area contributed by atoms with E-state index in [2.05, 4.69) is 4.98 Å². The smallest absolute Gasteiger partial charge is 0.297 e. The topological polar surface area (TPSA) is 81.9 Å². The SMILES string of the molecule is COc1cccc([C@H]2c3c(oc4ccc(Cl)cc4c3=O)C(=O)N2c2nc(C)c(C)s2)c1OC. The summed E-state index contributed by atoms with van der Waals surface area (Å²) in [6.07, 6.45) is 0. The third-order valence-corrected chi connectivity index (χ3v) is 7.09. The van der Waals surface area contributed by atoms with Gasteiger partial charge in [0.15, 0.2) is 22.1 Å². The normalized spacial score (nSPS) is 15.2. The molecule has 1 amide bonds. The first-order chi connectivity index (χ1) is 15.8. The molecule has 2 aromatic carbocycles. The number of nitrogens with zero attached hydrogens (tertiary/aromatic N) is 2. The van der Waals surface area contributed by atoms with Gasteiger partial charge >= 0.3 is 0 Å². The molecule has 1 atom stereocenters. The molecule has 0 bridgehead atoms. The van der Waals surface area contributed by atoms with Gasteiger partial charge in [-0.15, -0.1) is 11.3 Å². The van der Waals surface area contributed by atoms with E-state index in [1.54, 1.807) is 36.4 Å². The van der Waals surface area contributed by atoms with Crippen molar-refractivity contribution in [3.63, 3.8) is 0 Å². The summed E-state index contributed by atoms with van der Waals surface area (Å²) in [6.45, 7) is 3.81. The number of methoxy groups -OCH3 is 2. The van der Waals surface area contributed by atoms with E-state index in [4.69, 9.17) is 25.5 Å². The molecule has 0 saturated carbocycles. The Bertz CT molecular complexity index is 1470. The average molecular weight is 483 g/mol. The minimum absolute atomic E-state index is 0.0183. The van der Waals surface area contributed by atoms with E-state index in [1.807, 2.05) is 13.8 Å². The first-order valence-corrected chi connectivity index (χ1v) is 11.3. The fourth-order valence-electron chi connectivity index (χ4n) is 4.12. The molecule has 0 spiro atoms. The minimum Gasteiger partial charge on any atom is -0.493 e. The molecule has 0 saturated heterocycles. The van der Waals surface area contributed by atoms with E-state index < -0.39 is 11.9 Å². The third-order valence-electron chi connectivity index (χ3n) is 5.78. The van der Waals surface area contributed by atoms with Crippen molar-refractivity contribution in [3.8, 4) is 11.5 Å². The second-order valence-electron chi connectivity index (χ2n) is 7.61. The van der Waals surface area contributed by atoms with Gasteiger partial charge in [0, 0.05) is 15.5 Å². The molecule has 9 heteroatoms. The van der Waals surface area contributed by atoms with Gasteiger partial charge in [0.25, 0.3) is 5.91 Å². The predicted molar refractivity (Wildman–Crippen MR) is 127 cm³/mol. The summed E-state index contributed by atoms with van der Waals surface area (Å²) in [5, 5.41) is 1.17. The Hall–Kier alpha value is -3.36. The number of fused-ring (bicyclic) bond motifs is 2. The van der Waals surface area contributed by atoms with Crippen LogP contribution >= 0.6 is 22.9 Å². The van der Waals surface area contributed by atoms with Crippen LogP contribution in [0.1, 0.15) is 38.3 Å². The van der Waals surface area contributed by atoms with E-state index in [9.17, 15) is 9.59 Å². The van der Waals surface area contributed by atoms with Crippen molar-refractivity contribution in [1.82, 2.24) is 4.98 Å². The van der Waals surface area contributed by atoms with Crippen molar-refractivity contribution in [2.24, 2.45) is 0 Å². The number of carbonyl (C=O) groups is 1. The number of aryl methyl sites for hydroxylation is 2. The van der Waals surface area contributed by atoms with Crippen LogP contribution in [-0.4, -0.2) is 25.1 Å². The van der Waals surface area contributed by atoms with Crippen LogP contribution in [0.3, 0.4) is 0 Å². The van der Waals surface area contributed by atoms with Gasteiger partial charge in [0.1, 0.15) is 11.6 Å². The van der Waals surface area contributed by atoms with E-state index >= 15 is 0 Å². The molecule has 33 heavy (non-hydrogen) atoms. The second kappa shape index (κ2) is 7.90. The standard InChI is InChI=1S/C24H19ClN2O5S/c1-11-12(2)33-24(26-11)27-19(14-6-5-7-17(30-3)21(14)31-4)18-20(28)15-10-13(25)8-9-16(15)32-22(18)23(27)29/h5-10,19H,1-4H3/t19-/m0/s1. The van der Waals surface area contributed by atoms with Crippen LogP contribution in [0.5, 0.6) is 11.5 Å². The number of thiazole rings is 1. The lowest BCUT2D eigenvalue weighted by molar-refractivity contribution is 0.0970. The molecule has 0 unspecified atom stereocenters. The van der Waals surface area contributed by atoms with E-state index in [1.165, 1.54) is 30.5 Å². The number of carbonyl (C=O) groups excluding carboxylic acids is 1. The number of halogens is 1. The van der Waals surface area contributed by atoms with E-state index in [0.717, 1.165) is 10.6 Å². The Balaban J connectivity index is 1.87. The molecule has 1 aliphatic heterocycles. The minimum atomic E-state index is -0.817. The van der Waals surface area contributed by atoms with E-state index in [-0.39, 0.29) is 16.8 Å². The van der Waals surface area contributed by atoms with Crippen LogP contribution in [0.2, 0.25) is 5.02 Å². The lowest BCUT2D eigenvalue weighted by Crippen LogP contribution is -2.29. The number of para-hydroxylation sites is 1. The van der Waals surface area contributed by atoms with Gasteiger partial charge in [0.05, 0.1) is 30.9 Å². The van der Waals surface area contributed by atoms with Crippen molar-refractivity contribution in [2.45, 2.75) is 19.9 Å². The Morgan fingerprint density at radius 1 is 1.12 bits per heavy atom. The maximum atomic E-state index is 13.7. The van der Waals surface area contributed by atoms with Crippen molar-refractivity contribution >= 4 is 44.9 Å². The second-order valence-corrected chi connectivity index (χ2v) is 9.23. The Kier molecular flexibility index (Phi) is 5.14. The zero-order chi connectivity index (χ0) is 23.4. The van der Waals surface area contributed by atoms with Gasteiger partial charge in [0.2, 0.25) is 5.76 Å². The lowest BCUT2D eigenvalue weighted by atomic mass is 9.97. The molecule has 1 aliphatic rings. The van der Waals surface area contributed by atoms with Gasteiger partial charge in [-0.25, -0.2) is 4.98 Å². The number of ether oxygens (including phenoxy) is 2. The fraction of sp³-hybridized carbons (Fsp3) is 0.208. The highest BCUT2D eigenvalue weighted by Gasteiger charge is 2.46. The Labute approximate surface area is 198 Å². The molecule has 168 valence electrons. The van der Waals surface area contributed by atoms with Crippen molar-refractivity contribution < 1.29 is 18.7 Å². The van der Waals surface area contributed by atoms with Crippen LogP contribution in [0.15, 0.2) is 45.6 Å². The van der Waals surface area contributed by atoms with Gasteiger partial charge in [-0.2, -0.15) is 0 Å². The third kappa shape index (κ3) is 3.20. The molecule has 4 aromatic rings. The molecule has 0 N–H and O–H groups in total. The zero-order valence-corrected chi connectivity index (χ0v) is 19.8. The molecule has 7 nitrogen and oxygen atoms in total. The summed E-state index contributed by atoms with van der Waals surface area (Å²) in [5.74, 6) is 0.444. The van der Waals surface area contributed by atoms with Crippen LogP contribution in [0, 0.1) is 13.8 Å². The molecule has 0 fully saturated rings. The van der Waals surface area contributed by atoms with Gasteiger partial charge in [-0.1, -0.05) is 23.7 Å². The Morgan fingerprint density at radius 3 is 2.58 bits per heavy atom. The van der Waals surface area contributed by atoms with Crippen molar-refractivity contribution in [2.75, 3.05) is 19.1 Å². The van der Waals surface area contributed by atoms with Crippen LogP contribution in [-0.2, 0) is 0 Å². The molecule has 0 radical (unpaired) electrons. The predicted octanol–water partition coefficient (Wildman–Crippen LogP) is 5.29. The van der Waals surface area contributed by atoms with Crippen molar-refractivity contribution in [3.05, 3.63) is 79.1 Å². The zero-order valence-electron chi connectivity index (χ0n) is 18.3. The maximum absolute atomic E-state index is 13.7. The first kappa shape index (κ1) is 21.5. The van der Waals surface area contributed by atoms with Crippen LogP contribution in [0.4, 0.5) is 5.13 Å². The van der Waals surface area contributed by atoms with Gasteiger partial charge < -0.3 is 13.9 Å². The van der Waals surface area contributed by atoms with Crippen LogP contribution in [0.25, 0.3) is 11.0 Å². The summed E-state index contributed by atoms with van der Waals surface area (Å²) in [5.41, 5.74) is 1.58. The number of hydrogen-bond donors (Lipinski definition) is 0. The largest absolute Gasteiger partial charge is 0.493 e. The summed E-state index contributed by atoms with van der Waals surface area (Å²) >= 11 is 7.53. The number of anilines is 1. The highest BCUT2D eigenvalue weighted by molar-refractivity contribution is 7.15. The lowest BCUT2D eigenvalue weighted by Gasteiger charge is -2.24. The average Bonchev–Trinajstić information content (AvgIpc) is 3.29. The summed E-state index contributed by atoms with van der Waals surface area (Å²) in [4.78, 5) is 34.5. The summed E-state index contributed by atoms with van der Waals surface area (Å²) < 4.78 is 17.1. The maximum Gasteiger partial charge on any atom is 0.297 e. The number of rotatable bonds is 4. The summed E-state index contributed by atoms with van der Waals surface area (Å²) in [6, 6.07) is 9.28. The number of amides is 1. The molecule has 2 aromatic heterocycles. The van der Waals surface area contributed by atoms with Crippen LogP contribution < -0.4 is 19.8 Å². The molecular weight excluding hydrogens is 464 g/mol. The number of benzene rings is 2.